The minimum atomic E-state index is -0.564. The quantitative estimate of drug-likeness (QED) is 0.333. The number of ether oxygens (including phenoxy) is 1. The average molecular weight is 493 g/mol. The molecule has 5 nitrogen and oxygen atoms in total. The first-order valence-corrected chi connectivity index (χ1v) is 10.3. The molecule has 0 aromatic heterocycles. The number of carbonyl (C=O) groups is 1. The van der Waals surface area contributed by atoms with Crippen molar-refractivity contribution in [3.63, 3.8) is 0 Å². The largest absolute Gasteiger partial charge is 0.488 e. The molecule has 1 amide bonds. The van der Waals surface area contributed by atoms with Gasteiger partial charge >= 0.3 is 0 Å². The van der Waals surface area contributed by atoms with Crippen molar-refractivity contribution in [2.75, 3.05) is 5.32 Å². The molecular weight excluding hydrogens is 478 g/mol. The first-order valence-electron chi connectivity index (χ1n) is 9.09. The number of hydrogen-bond donors (Lipinski definition) is 1. The number of amides is 1. The predicted molar refractivity (Wildman–Crippen MR) is 123 cm³/mol. The van der Waals surface area contributed by atoms with Crippen LogP contribution < -0.4 is 10.1 Å². The fraction of sp³-hybridized carbons (Fsp3) is 0.0417. The maximum absolute atomic E-state index is 12.6. The van der Waals surface area contributed by atoms with Crippen molar-refractivity contribution in [2.24, 2.45) is 0 Å². The van der Waals surface area contributed by atoms with Gasteiger partial charge in [-0.3, -0.25) is 4.79 Å². The van der Waals surface area contributed by atoms with Crippen LogP contribution in [0.2, 0.25) is 5.02 Å². The molecule has 3 rings (SSSR count). The number of nitriles is 2. The number of hydrogen-bond acceptors (Lipinski definition) is 4. The Hall–Kier alpha value is -3.58. The zero-order chi connectivity index (χ0) is 22.2. The number of nitrogens with one attached hydrogen (secondary N) is 1. The molecule has 0 spiro atoms. The lowest BCUT2D eigenvalue weighted by Gasteiger charge is -2.11. The summed E-state index contributed by atoms with van der Waals surface area (Å²) in [6.45, 7) is 0.169. The SMILES string of the molecule is N#C/C(=C\c1cc(Br)ccc1OCc1ccccc1C#N)C(=O)Nc1cccc(Cl)c1. The predicted octanol–water partition coefficient (Wildman–Crippen LogP) is 6.10. The molecule has 3 aromatic rings. The van der Waals surface area contributed by atoms with Gasteiger partial charge in [0.05, 0.1) is 11.6 Å². The highest BCUT2D eigenvalue weighted by Crippen LogP contribution is 2.27. The van der Waals surface area contributed by atoms with E-state index in [0.717, 1.165) is 10.0 Å². The number of rotatable bonds is 6. The van der Waals surface area contributed by atoms with Crippen LogP contribution in [0.1, 0.15) is 16.7 Å². The molecule has 152 valence electrons. The lowest BCUT2D eigenvalue weighted by Crippen LogP contribution is -2.13. The van der Waals surface area contributed by atoms with Gasteiger partial charge in [-0.05, 0) is 48.5 Å². The summed E-state index contributed by atoms with van der Waals surface area (Å²) < 4.78 is 6.66. The third kappa shape index (κ3) is 5.96. The van der Waals surface area contributed by atoms with E-state index in [2.05, 4.69) is 27.3 Å². The third-order valence-corrected chi connectivity index (χ3v) is 4.97. The van der Waals surface area contributed by atoms with Crippen LogP contribution in [0.3, 0.4) is 0 Å². The Morgan fingerprint density at radius 1 is 1.10 bits per heavy atom. The van der Waals surface area contributed by atoms with Crippen molar-refractivity contribution in [1.82, 2.24) is 0 Å². The van der Waals surface area contributed by atoms with Crippen LogP contribution in [-0.2, 0) is 11.4 Å². The second-order valence-electron chi connectivity index (χ2n) is 6.37. The summed E-state index contributed by atoms with van der Waals surface area (Å²) in [5, 5.41) is 21.9. The first-order chi connectivity index (χ1) is 15.0. The molecule has 7 heteroatoms. The van der Waals surface area contributed by atoms with Gasteiger partial charge in [-0.25, -0.2) is 0 Å². The number of halogens is 2. The van der Waals surface area contributed by atoms with Gasteiger partial charge in [0, 0.05) is 26.3 Å². The molecule has 0 bridgehead atoms. The highest BCUT2D eigenvalue weighted by atomic mass is 79.9. The maximum atomic E-state index is 12.6. The molecule has 0 atom stereocenters. The third-order valence-electron chi connectivity index (χ3n) is 4.24. The van der Waals surface area contributed by atoms with E-state index in [-0.39, 0.29) is 12.2 Å². The molecule has 0 aliphatic carbocycles. The lowest BCUT2D eigenvalue weighted by atomic mass is 10.1. The lowest BCUT2D eigenvalue weighted by molar-refractivity contribution is -0.112. The maximum Gasteiger partial charge on any atom is 0.266 e. The van der Waals surface area contributed by atoms with Crippen LogP contribution in [0.5, 0.6) is 5.75 Å². The molecule has 31 heavy (non-hydrogen) atoms. The first kappa shape index (κ1) is 22.1. The fourth-order valence-corrected chi connectivity index (χ4v) is 3.31. The van der Waals surface area contributed by atoms with Gasteiger partial charge in [0.25, 0.3) is 5.91 Å². The van der Waals surface area contributed by atoms with Crippen molar-refractivity contribution in [1.29, 1.82) is 10.5 Å². The van der Waals surface area contributed by atoms with Gasteiger partial charge in [-0.1, -0.05) is 51.8 Å². The number of benzene rings is 3. The van der Waals surface area contributed by atoms with Gasteiger partial charge < -0.3 is 10.1 Å². The van der Waals surface area contributed by atoms with E-state index in [4.69, 9.17) is 16.3 Å². The van der Waals surface area contributed by atoms with Gasteiger partial charge in [0.15, 0.2) is 0 Å². The van der Waals surface area contributed by atoms with Crippen molar-refractivity contribution >= 4 is 45.2 Å². The molecule has 0 aliphatic rings. The molecule has 0 heterocycles. The zero-order valence-corrected chi connectivity index (χ0v) is 18.4. The van der Waals surface area contributed by atoms with Crippen molar-refractivity contribution in [3.05, 3.63) is 98.5 Å². The highest BCUT2D eigenvalue weighted by Gasteiger charge is 2.13. The molecule has 0 fully saturated rings. The second kappa shape index (κ2) is 10.4. The minimum absolute atomic E-state index is 0.0969. The molecule has 0 aliphatic heterocycles. The van der Waals surface area contributed by atoms with Crippen LogP contribution in [0, 0.1) is 22.7 Å². The van der Waals surface area contributed by atoms with E-state index in [0.29, 0.717) is 27.6 Å². The van der Waals surface area contributed by atoms with Crippen molar-refractivity contribution in [3.8, 4) is 17.9 Å². The van der Waals surface area contributed by atoms with E-state index >= 15 is 0 Å². The average Bonchev–Trinajstić information content (AvgIpc) is 2.77. The fourth-order valence-electron chi connectivity index (χ4n) is 2.74. The number of anilines is 1. The Morgan fingerprint density at radius 3 is 2.65 bits per heavy atom. The van der Waals surface area contributed by atoms with E-state index < -0.39 is 5.91 Å². The molecule has 0 unspecified atom stereocenters. The summed E-state index contributed by atoms with van der Waals surface area (Å²) in [6, 6.07) is 23.1. The molecule has 0 radical (unpaired) electrons. The molecular formula is C24H15BrClN3O2. The van der Waals surface area contributed by atoms with Crippen LogP contribution >= 0.6 is 27.5 Å². The molecule has 0 saturated heterocycles. The van der Waals surface area contributed by atoms with Crippen LogP contribution in [0.4, 0.5) is 5.69 Å². The normalized spacial score (nSPS) is 10.6. The Bertz CT molecular complexity index is 1240. The second-order valence-corrected chi connectivity index (χ2v) is 7.73. The van der Waals surface area contributed by atoms with E-state index in [1.165, 1.54) is 6.08 Å². The van der Waals surface area contributed by atoms with E-state index in [9.17, 15) is 15.3 Å². The summed E-state index contributed by atoms with van der Waals surface area (Å²) in [6.07, 6.45) is 1.45. The number of carbonyl (C=O) groups excluding carboxylic acids is 1. The minimum Gasteiger partial charge on any atom is -0.488 e. The topological polar surface area (TPSA) is 85.9 Å². The van der Waals surface area contributed by atoms with Crippen LogP contribution in [0.15, 0.2) is 76.8 Å². The summed E-state index contributed by atoms with van der Waals surface area (Å²) in [5.74, 6) is -0.0928. The van der Waals surface area contributed by atoms with Gasteiger partial charge in [0.1, 0.15) is 24.0 Å². The van der Waals surface area contributed by atoms with Gasteiger partial charge in [-0.2, -0.15) is 10.5 Å². The monoisotopic (exact) mass is 491 g/mol. The number of nitrogens with zero attached hydrogens (tertiary/aromatic N) is 2. The van der Waals surface area contributed by atoms with Crippen molar-refractivity contribution < 1.29 is 9.53 Å². The highest BCUT2D eigenvalue weighted by molar-refractivity contribution is 9.10. The van der Waals surface area contributed by atoms with Gasteiger partial charge in [0.2, 0.25) is 0 Å². The zero-order valence-electron chi connectivity index (χ0n) is 16.1. The molecule has 1 N–H and O–H groups in total. The van der Waals surface area contributed by atoms with E-state index in [1.54, 1.807) is 54.6 Å². The Balaban J connectivity index is 1.86. The smallest absolute Gasteiger partial charge is 0.266 e. The summed E-state index contributed by atoms with van der Waals surface area (Å²) >= 11 is 9.34. The summed E-state index contributed by atoms with van der Waals surface area (Å²) in [5.41, 5.74) is 2.19. The van der Waals surface area contributed by atoms with Crippen LogP contribution in [0.25, 0.3) is 6.08 Å². The Kier molecular flexibility index (Phi) is 7.45. The molecule has 3 aromatic carbocycles. The van der Waals surface area contributed by atoms with E-state index in [1.807, 2.05) is 18.2 Å². The summed E-state index contributed by atoms with van der Waals surface area (Å²) in [7, 11) is 0. The standard InChI is InChI=1S/C24H15BrClN3O2/c25-20-8-9-23(31-15-17-5-2-1-4-16(17)13-27)18(11-20)10-19(14-28)24(30)29-22-7-3-6-21(26)12-22/h1-12H,15H2,(H,29,30)/b19-10+. The Labute approximate surface area is 193 Å². The summed E-state index contributed by atoms with van der Waals surface area (Å²) in [4.78, 5) is 12.6. The Morgan fingerprint density at radius 2 is 1.90 bits per heavy atom. The van der Waals surface area contributed by atoms with Gasteiger partial charge in [-0.15, -0.1) is 0 Å². The molecule has 0 saturated carbocycles. The van der Waals surface area contributed by atoms with Crippen LogP contribution in [-0.4, -0.2) is 5.91 Å². The van der Waals surface area contributed by atoms with Crippen molar-refractivity contribution in [2.45, 2.75) is 6.61 Å².